The number of fused-ring (bicyclic) bond motifs is 1. The van der Waals surface area contributed by atoms with Crippen LogP contribution in [0.5, 0.6) is 0 Å². The molecule has 1 saturated heterocycles. The van der Waals surface area contributed by atoms with Gasteiger partial charge in [-0.3, -0.25) is 9.78 Å². The maximum absolute atomic E-state index is 13.4. The molecule has 3 heterocycles. The van der Waals surface area contributed by atoms with Crippen LogP contribution < -0.4 is 5.32 Å². The number of aryl methyl sites for hydroxylation is 1. The normalized spacial score (nSPS) is 17.0. The largest absolute Gasteiger partial charge is 0.388 e. The van der Waals surface area contributed by atoms with Gasteiger partial charge in [-0.15, -0.1) is 0 Å². The van der Waals surface area contributed by atoms with Gasteiger partial charge in [-0.1, -0.05) is 0 Å². The molecule has 1 amide bonds. The Morgan fingerprint density at radius 3 is 2.96 bits per heavy atom. The summed E-state index contributed by atoms with van der Waals surface area (Å²) in [5, 5.41) is 3.99. The van der Waals surface area contributed by atoms with E-state index in [1.165, 1.54) is 12.1 Å². The van der Waals surface area contributed by atoms with E-state index in [9.17, 15) is 9.18 Å². The standard InChI is InChI=1S/C20H21FN4O/c1-12-7-16(22-2)10-18(23-12)14-5-6-25(11-14)20(26)19-8-13-3-4-15(21)9-17(13)24-19/h3-4,7-10,14,24H,5-6,11H2,1-2H3,(H,22,23)/t14-/m0/s1. The fraction of sp³-hybridized carbons (Fsp3) is 0.300. The number of nitrogens with zero attached hydrogens (tertiary/aromatic N) is 2. The quantitative estimate of drug-likeness (QED) is 0.756. The summed E-state index contributed by atoms with van der Waals surface area (Å²) in [4.78, 5) is 22.4. The van der Waals surface area contributed by atoms with Gasteiger partial charge in [0.1, 0.15) is 11.5 Å². The first-order valence-corrected chi connectivity index (χ1v) is 8.77. The number of hydrogen-bond acceptors (Lipinski definition) is 3. The lowest BCUT2D eigenvalue weighted by Crippen LogP contribution is -2.28. The number of hydrogen-bond donors (Lipinski definition) is 2. The minimum atomic E-state index is -0.314. The SMILES string of the molecule is CNc1cc(C)nc([C@H]2CCN(C(=O)c3cc4ccc(F)cc4[nH]3)C2)c1. The Morgan fingerprint density at radius 2 is 2.15 bits per heavy atom. The average Bonchev–Trinajstić information content (AvgIpc) is 3.27. The molecular weight excluding hydrogens is 331 g/mol. The Labute approximate surface area is 151 Å². The minimum Gasteiger partial charge on any atom is -0.388 e. The van der Waals surface area contributed by atoms with Gasteiger partial charge in [-0.2, -0.15) is 0 Å². The monoisotopic (exact) mass is 352 g/mol. The third-order valence-corrected chi connectivity index (χ3v) is 4.97. The van der Waals surface area contributed by atoms with Gasteiger partial charge in [-0.25, -0.2) is 4.39 Å². The van der Waals surface area contributed by atoms with E-state index in [2.05, 4.69) is 21.4 Å². The molecule has 1 aliphatic heterocycles. The van der Waals surface area contributed by atoms with Crippen molar-refractivity contribution in [2.45, 2.75) is 19.3 Å². The highest BCUT2D eigenvalue weighted by Gasteiger charge is 2.29. The van der Waals surface area contributed by atoms with Gasteiger partial charge >= 0.3 is 0 Å². The molecule has 6 heteroatoms. The molecule has 5 nitrogen and oxygen atoms in total. The number of pyridine rings is 1. The van der Waals surface area contributed by atoms with Crippen molar-refractivity contribution >= 4 is 22.5 Å². The number of amides is 1. The molecule has 0 radical (unpaired) electrons. The number of halogens is 1. The summed E-state index contributed by atoms with van der Waals surface area (Å²) in [6.07, 6.45) is 0.889. The Hall–Kier alpha value is -2.89. The zero-order valence-corrected chi connectivity index (χ0v) is 14.8. The van der Waals surface area contributed by atoms with Crippen LogP contribution >= 0.6 is 0 Å². The number of likely N-dealkylation sites (tertiary alicyclic amines) is 1. The van der Waals surface area contributed by atoms with E-state index in [1.54, 1.807) is 12.1 Å². The van der Waals surface area contributed by atoms with Gasteiger partial charge in [0.05, 0.1) is 0 Å². The first-order chi connectivity index (χ1) is 12.5. The highest BCUT2D eigenvalue weighted by Crippen LogP contribution is 2.29. The van der Waals surface area contributed by atoms with Crippen LogP contribution in [0.15, 0.2) is 36.4 Å². The molecule has 1 aromatic carbocycles. The summed E-state index contributed by atoms with van der Waals surface area (Å²) in [6.45, 7) is 3.31. The lowest BCUT2D eigenvalue weighted by atomic mass is 10.0. The number of benzene rings is 1. The first-order valence-electron chi connectivity index (χ1n) is 8.77. The summed E-state index contributed by atoms with van der Waals surface area (Å²) < 4.78 is 13.4. The van der Waals surface area contributed by atoms with Crippen molar-refractivity contribution in [2.24, 2.45) is 0 Å². The van der Waals surface area contributed by atoms with E-state index in [4.69, 9.17) is 0 Å². The molecule has 2 N–H and O–H groups in total. The maximum atomic E-state index is 13.4. The van der Waals surface area contributed by atoms with Gasteiger partial charge in [-0.05, 0) is 49.7 Å². The molecule has 4 rings (SSSR count). The highest BCUT2D eigenvalue weighted by atomic mass is 19.1. The topological polar surface area (TPSA) is 61.0 Å². The Kier molecular flexibility index (Phi) is 4.11. The minimum absolute atomic E-state index is 0.0504. The van der Waals surface area contributed by atoms with Crippen molar-refractivity contribution in [3.05, 3.63) is 59.3 Å². The van der Waals surface area contributed by atoms with Crippen molar-refractivity contribution in [1.29, 1.82) is 0 Å². The Bertz CT molecular complexity index is 981. The molecule has 26 heavy (non-hydrogen) atoms. The van der Waals surface area contributed by atoms with Crippen LogP contribution in [0.25, 0.3) is 10.9 Å². The van der Waals surface area contributed by atoms with E-state index in [-0.39, 0.29) is 17.6 Å². The average molecular weight is 352 g/mol. The molecule has 0 unspecified atom stereocenters. The number of aromatic amines is 1. The van der Waals surface area contributed by atoms with Gasteiger partial charge in [0.25, 0.3) is 5.91 Å². The molecule has 0 spiro atoms. The third kappa shape index (κ3) is 3.03. The summed E-state index contributed by atoms with van der Waals surface area (Å²) in [7, 11) is 1.89. The van der Waals surface area contributed by atoms with Crippen molar-refractivity contribution in [2.75, 3.05) is 25.5 Å². The van der Waals surface area contributed by atoms with Crippen molar-refractivity contribution in [3.63, 3.8) is 0 Å². The zero-order chi connectivity index (χ0) is 18.3. The predicted molar refractivity (Wildman–Crippen MR) is 100 cm³/mol. The molecule has 1 fully saturated rings. The number of H-pyrrole nitrogens is 1. The van der Waals surface area contributed by atoms with E-state index >= 15 is 0 Å². The molecule has 0 saturated carbocycles. The van der Waals surface area contributed by atoms with Crippen LogP contribution in [0.3, 0.4) is 0 Å². The van der Waals surface area contributed by atoms with Crippen LogP contribution in [0, 0.1) is 12.7 Å². The fourth-order valence-electron chi connectivity index (χ4n) is 3.62. The number of carbonyl (C=O) groups is 1. The molecule has 0 aliphatic carbocycles. The van der Waals surface area contributed by atoms with Crippen LogP contribution in [0.4, 0.5) is 10.1 Å². The summed E-state index contributed by atoms with van der Waals surface area (Å²) in [6, 6.07) is 10.3. The van der Waals surface area contributed by atoms with Crippen LogP contribution in [0.1, 0.15) is 34.2 Å². The number of carbonyl (C=O) groups excluding carboxylic acids is 1. The fourth-order valence-corrected chi connectivity index (χ4v) is 3.62. The van der Waals surface area contributed by atoms with E-state index < -0.39 is 0 Å². The molecule has 1 aliphatic rings. The van der Waals surface area contributed by atoms with Gasteiger partial charge in [0.15, 0.2) is 0 Å². The number of rotatable bonds is 3. The summed E-state index contributed by atoms with van der Waals surface area (Å²) in [5.74, 6) is -0.135. The molecular formula is C20H21FN4O. The van der Waals surface area contributed by atoms with Gasteiger partial charge in [0, 0.05) is 54.0 Å². The number of anilines is 1. The predicted octanol–water partition coefficient (Wildman–Crippen LogP) is 3.68. The molecule has 3 aromatic rings. The molecule has 134 valence electrons. The van der Waals surface area contributed by atoms with Gasteiger partial charge < -0.3 is 15.2 Å². The maximum Gasteiger partial charge on any atom is 0.270 e. The number of nitrogens with one attached hydrogen (secondary N) is 2. The molecule has 2 aromatic heterocycles. The second-order valence-electron chi connectivity index (χ2n) is 6.82. The molecule has 0 bridgehead atoms. The van der Waals surface area contributed by atoms with Crippen molar-refractivity contribution in [1.82, 2.24) is 14.9 Å². The van der Waals surface area contributed by atoms with Crippen LogP contribution in [-0.2, 0) is 0 Å². The van der Waals surface area contributed by atoms with Gasteiger partial charge in [0.2, 0.25) is 0 Å². The second kappa shape index (κ2) is 6.44. The number of aromatic nitrogens is 2. The van der Waals surface area contributed by atoms with Crippen molar-refractivity contribution in [3.8, 4) is 0 Å². The lowest BCUT2D eigenvalue weighted by molar-refractivity contribution is 0.0786. The van der Waals surface area contributed by atoms with Crippen molar-refractivity contribution < 1.29 is 9.18 Å². The highest BCUT2D eigenvalue weighted by molar-refractivity contribution is 5.98. The van der Waals surface area contributed by atoms with E-state index in [0.717, 1.165) is 28.9 Å². The Balaban J connectivity index is 1.54. The Morgan fingerprint density at radius 1 is 1.31 bits per heavy atom. The molecule has 1 atom stereocenters. The first kappa shape index (κ1) is 16.6. The van der Waals surface area contributed by atoms with E-state index in [1.807, 2.05) is 24.9 Å². The van der Waals surface area contributed by atoms with E-state index in [0.29, 0.717) is 24.3 Å². The summed E-state index contributed by atoms with van der Waals surface area (Å²) in [5.41, 5.74) is 4.16. The lowest BCUT2D eigenvalue weighted by Gasteiger charge is -2.16. The summed E-state index contributed by atoms with van der Waals surface area (Å²) >= 11 is 0. The van der Waals surface area contributed by atoms with Crippen LogP contribution in [-0.4, -0.2) is 40.9 Å². The second-order valence-corrected chi connectivity index (χ2v) is 6.82. The smallest absolute Gasteiger partial charge is 0.270 e. The van der Waals surface area contributed by atoms with Crippen LogP contribution in [0.2, 0.25) is 0 Å². The zero-order valence-electron chi connectivity index (χ0n) is 14.8. The third-order valence-electron chi connectivity index (χ3n) is 4.97.